The molecule has 0 aromatic heterocycles. The van der Waals surface area contributed by atoms with Gasteiger partial charge in [-0.3, -0.25) is 9.59 Å². The number of ether oxygens (including phenoxy) is 1. The second-order valence-electron chi connectivity index (χ2n) is 6.73. The van der Waals surface area contributed by atoms with Crippen molar-refractivity contribution in [1.29, 1.82) is 0 Å². The largest absolute Gasteiger partial charge is 0.455 e. The molecule has 8 heteroatoms. The zero-order valence-electron chi connectivity index (χ0n) is 16.4. The highest BCUT2D eigenvalue weighted by molar-refractivity contribution is 7.92. The first-order valence-corrected chi connectivity index (χ1v) is 10.3. The third kappa shape index (κ3) is 8.36. The number of hydrogen-bond acceptors (Lipinski definition) is 5. The van der Waals surface area contributed by atoms with Crippen molar-refractivity contribution in [3.63, 3.8) is 0 Å². The Kier molecular flexibility index (Phi) is 8.65. The number of hydrogen-bond donors (Lipinski definition) is 1. The SMILES string of the molecule is Cc1ccc(/C=C/S(=O)(=O)NCC(=O)OCC(=O)N(C(C)C)C(C)C)cc1. The van der Waals surface area contributed by atoms with E-state index in [0.29, 0.717) is 0 Å². The Morgan fingerprint density at radius 2 is 1.67 bits per heavy atom. The third-order valence-electron chi connectivity index (χ3n) is 3.69. The summed E-state index contributed by atoms with van der Waals surface area (Å²) in [4.78, 5) is 25.4. The number of carbonyl (C=O) groups is 2. The Morgan fingerprint density at radius 1 is 1.11 bits per heavy atom. The number of sulfonamides is 1. The van der Waals surface area contributed by atoms with E-state index in [4.69, 9.17) is 4.74 Å². The van der Waals surface area contributed by atoms with Crippen LogP contribution >= 0.6 is 0 Å². The van der Waals surface area contributed by atoms with Crippen LogP contribution in [-0.2, 0) is 24.3 Å². The number of amides is 1. The summed E-state index contributed by atoms with van der Waals surface area (Å²) in [5.74, 6) is -1.14. The van der Waals surface area contributed by atoms with E-state index in [1.165, 1.54) is 6.08 Å². The Labute approximate surface area is 161 Å². The van der Waals surface area contributed by atoms with Gasteiger partial charge in [0.2, 0.25) is 10.0 Å². The smallest absolute Gasteiger partial charge is 0.321 e. The van der Waals surface area contributed by atoms with E-state index in [-0.39, 0.29) is 18.0 Å². The van der Waals surface area contributed by atoms with Crippen LogP contribution in [0.25, 0.3) is 6.08 Å². The molecule has 0 fully saturated rings. The molecule has 0 aliphatic carbocycles. The molecule has 1 amide bonds. The summed E-state index contributed by atoms with van der Waals surface area (Å²) in [6.07, 6.45) is 1.43. The van der Waals surface area contributed by atoms with Crippen molar-refractivity contribution in [3.8, 4) is 0 Å². The molecule has 0 saturated heterocycles. The van der Waals surface area contributed by atoms with E-state index >= 15 is 0 Å². The highest BCUT2D eigenvalue weighted by Gasteiger charge is 2.21. The minimum Gasteiger partial charge on any atom is -0.455 e. The Bertz CT molecular complexity index is 760. The van der Waals surface area contributed by atoms with Crippen molar-refractivity contribution >= 4 is 28.0 Å². The number of nitrogens with zero attached hydrogens (tertiary/aromatic N) is 1. The predicted octanol–water partition coefficient (Wildman–Crippen LogP) is 2.07. The maximum Gasteiger partial charge on any atom is 0.321 e. The summed E-state index contributed by atoms with van der Waals surface area (Å²) in [6.45, 7) is 8.45. The van der Waals surface area contributed by atoms with Crippen LogP contribution in [0.15, 0.2) is 29.7 Å². The molecule has 0 spiro atoms. The van der Waals surface area contributed by atoms with Gasteiger partial charge in [-0.25, -0.2) is 13.1 Å². The predicted molar refractivity (Wildman–Crippen MR) is 105 cm³/mol. The number of esters is 1. The molecule has 1 aromatic carbocycles. The van der Waals surface area contributed by atoms with Gasteiger partial charge < -0.3 is 9.64 Å². The lowest BCUT2D eigenvalue weighted by molar-refractivity contribution is -0.152. The molecule has 0 saturated carbocycles. The first-order valence-electron chi connectivity index (χ1n) is 8.73. The van der Waals surface area contributed by atoms with Gasteiger partial charge in [-0.05, 0) is 46.3 Å². The van der Waals surface area contributed by atoms with Gasteiger partial charge in [0, 0.05) is 17.5 Å². The van der Waals surface area contributed by atoms with Crippen LogP contribution in [0.1, 0.15) is 38.8 Å². The number of benzene rings is 1. The van der Waals surface area contributed by atoms with E-state index in [9.17, 15) is 18.0 Å². The minimum absolute atomic E-state index is 0.0263. The topological polar surface area (TPSA) is 92.8 Å². The fourth-order valence-corrected chi connectivity index (χ4v) is 3.24. The maximum atomic E-state index is 12.1. The van der Waals surface area contributed by atoms with Crippen molar-refractivity contribution in [2.24, 2.45) is 0 Å². The van der Waals surface area contributed by atoms with Crippen molar-refractivity contribution < 1.29 is 22.7 Å². The van der Waals surface area contributed by atoms with Gasteiger partial charge in [0.1, 0.15) is 6.54 Å². The first kappa shape index (κ1) is 22.9. The molecule has 150 valence electrons. The van der Waals surface area contributed by atoms with E-state index in [1.54, 1.807) is 17.0 Å². The Morgan fingerprint density at radius 3 is 2.19 bits per heavy atom. The third-order valence-corrected chi connectivity index (χ3v) is 4.73. The van der Waals surface area contributed by atoms with Gasteiger partial charge in [0.25, 0.3) is 5.91 Å². The van der Waals surface area contributed by atoms with Gasteiger partial charge in [0.05, 0.1) is 0 Å². The second kappa shape index (κ2) is 10.2. The summed E-state index contributed by atoms with van der Waals surface area (Å²) in [5.41, 5.74) is 1.79. The second-order valence-corrected chi connectivity index (χ2v) is 8.38. The van der Waals surface area contributed by atoms with Crippen LogP contribution < -0.4 is 4.72 Å². The molecule has 0 aliphatic heterocycles. The monoisotopic (exact) mass is 396 g/mol. The average Bonchev–Trinajstić information content (AvgIpc) is 2.57. The Hall–Kier alpha value is -2.19. The highest BCUT2D eigenvalue weighted by atomic mass is 32.2. The molecular weight excluding hydrogens is 368 g/mol. The molecular formula is C19H28N2O5S. The molecule has 1 N–H and O–H groups in total. The first-order chi connectivity index (χ1) is 12.5. The van der Waals surface area contributed by atoms with Gasteiger partial charge >= 0.3 is 5.97 Å². The van der Waals surface area contributed by atoms with Crippen LogP contribution in [0.4, 0.5) is 0 Å². The minimum atomic E-state index is -3.79. The van der Waals surface area contributed by atoms with Crippen LogP contribution in [0.5, 0.6) is 0 Å². The maximum absolute atomic E-state index is 12.1. The number of nitrogens with one attached hydrogen (secondary N) is 1. The van der Waals surface area contributed by atoms with Gasteiger partial charge in [-0.15, -0.1) is 0 Å². The quantitative estimate of drug-likeness (QED) is 0.645. The number of rotatable bonds is 9. The number of carbonyl (C=O) groups excluding carboxylic acids is 2. The summed E-state index contributed by atoms with van der Waals surface area (Å²) in [5, 5.41) is 0.982. The van der Waals surface area contributed by atoms with Crippen LogP contribution in [-0.4, -0.2) is 50.4 Å². The van der Waals surface area contributed by atoms with E-state index < -0.39 is 29.1 Å². The van der Waals surface area contributed by atoms with E-state index in [0.717, 1.165) is 16.5 Å². The standard InChI is InChI=1S/C19H28N2O5S/c1-14(2)21(15(3)4)18(22)13-26-19(23)12-20-27(24,25)11-10-17-8-6-16(5)7-9-17/h6-11,14-15,20H,12-13H2,1-5H3/b11-10+. The average molecular weight is 397 g/mol. The molecule has 0 radical (unpaired) electrons. The summed E-state index contributed by atoms with van der Waals surface area (Å²) < 4.78 is 30.8. The van der Waals surface area contributed by atoms with Crippen LogP contribution in [0, 0.1) is 6.92 Å². The molecule has 0 bridgehead atoms. The Balaban J connectivity index is 2.50. The summed E-state index contributed by atoms with van der Waals surface area (Å²) in [6, 6.07) is 7.26. The van der Waals surface area contributed by atoms with Crippen LogP contribution in [0.3, 0.4) is 0 Å². The fourth-order valence-electron chi connectivity index (χ4n) is 2.49. The molecule has 0 heterocycles. The summed E-state index contributed by atoms with van der Waals surface area (Å²) >= 11 is 0. The van der Waals surface area contributed by atoms with Crippen molar-refractivity contribution in [3.05, 3.63) is 40.8 Å². The molecule has 27 heavy (non-hydrogen) atoms. The van der Waals surface area contributed by atoms with Crippen molar-refractivity contribution in [2.75, 3.05) is 13.2 Å². The van der Waals surface area contributed by atoms with E-state index in [1.807, 2.05) is 46.8 Å². The molecule has 0 unspecified atom stereocenters. The molecule has 1 aromatic rings. The van der Waals surface area contributed by atoms with Crippen LogP contribution in [0.2, 0.25) is 0 Å². The fraction of sp³-hybridized carbons (Fsp3) is 0.474. The molecule has 0 atom stereocenters. The lowest BCUT2D eigenvalue weighted by Gasteiger charge is -2.30. The van der Waals surface area contributed by atoms with E-state index in [2.05, 4.69) is 4.72 Å². The zero-order valence-corrected chi connectivity index (χ0v) is 17.2. The molecule has 0 aliphatic rings. The lowest BCUT2D eigenvalue weighted by Crippen LogP contribution is -2.44. The van der Waals surface area contributed by atoms with Crippen molar-refractivity contribution in [2.45, 2.75) is 46.7 Å². The highest BCUT2D eigenvalue weighted by Crippen LogP contribution is 2.07. The van der Waals surface area contributed by atoms with Gasteiger partial charge in [0.15, 0.2) is 6.61 Å². The molecule has 7 nitrogen and oxygen atoms in total. The van der Waals surface area contributed by atoms with Crippen molar-refractivity contribution in [1.82, 2.24) is 9.62 Å². The summed E-state index contributed by atoms with van der Waals surface area (Å²) in [7, 11) is -3.79. The normalized spacial score (nSPS) is 12.0. The molecule has 1 rings (SSSR count). The van der Waals surface area contributed by atoms with Gasteiger partial charge in [-0.2, -0.15) is 0 Å². The number of aryl methyl sites for hydroxylation is 1. The zero-order chi connectivity index (χ0) is 20.6. The lowest BCUT2D eigenvalue weighted by atomic mass is 10.2. The van der Waals surface area contributed by atoms with Gasteiger partial charge in [-0.1, -0.05) is 29.8 Å².